The number of carbonyl (C=O) groups excluding carboxylic acids is 2. The van der Waals surface area contributed by atoms with Crippen molar-refractivity contribution in [2.24, 2.45) is 0 Å². The van der Waals surface area contributed by atoms with Gasteiger partial charge in [-0.15, -0.1) is 0 Å². The second-order valence-electron chi connectivity index (χ2n) is 9.30. The molecular weight excluding hydrogens is 514 g/mol. The largest absolute Gasteiger partial charge is 0.491 e. The Bertz CT molecular complexity index is 1540. The van der Waals surface area contributed by atoms with Gasteiger partial charge in [0.15, 0.2) is 0 Å². The van der Waals surface area contributed by atoms with Crippen LogP contribution in [0.15, 0.2) is 66.7 Å². The number of amides is 1. The third kappa shape index (κ3) is 5.24. The number of ether oxygens (including phenoxy) is 1. The maximum Gasteiger partial charge on any atom is 0.491 e. The van der Waals surface area contributed by atoms with E-state index < -0.39 is 12.1 Å². The van der Waals surface area contributed by atoms with E-state index in [4.69, 9.17) is 0 Å². The second-order valence-corrected chi connectivity index (χ2v) is 9.30. The van der Waals surface area contributed by atoms with Gasteiger partial charge < -0.3 is 19.5 Å². The molecule has 5 rings (SSSR count). The lowest BCUT2D eigenvalue weighted by molar-refractivity contribution is -0.189. The van der Waals surface area contributed by atoms with Gasteiger partial charge in [-0.3, -0.25) is 4.79 Å². The smallest absolute Gasteiger partial charge is 0.420 e. The number of benzene rings is 3. The molecule has 10 heteroatoms. The van der Waals surface area contributed by atoms with Crippen molar-refractivity contribution in [1.82, 2.24) is 14.8 Å². The number of nitrogens with zero attached hydrogens (tertiary/aromatic N) is 2. The number of hydrogen-bond acceptors (Lipinski definition) is 4. The van der Waals surface area contributed by atoms with Crippen molar-refractivity contribution in [2.75, 3.05) is 26.2 Å². The van der Waals surface area contributed by atoms with Crippen LogP contribution in [0.1, 0.15) is 27.2 Å². The van der Waals surface area contributed by atoms with Crippen LogP contribution in [0.2, 0.25) is 0 Å². The fourth-order valence-electron chi connectivity index (χ4n) is 4.88. The van der Waals surface area contributed by atoms with Gasteiger partial charge in [-0.05, 0) is 54.4 Å². The van der Waals surface area contributed by atoms with Crippen LogP contribution in [0.5, 0.6) is 5.75 Å². The molecule has 1 N–H and O–H groups in total. The Balaban J connectivity index is 1.76. The van der Waals surface area contributed by atoms with Crippen molar-refractivity contribution >= 4 is 22.8 Å². The molecule has 1 aliphatic rings. The van der Waals surface area contributed by atoms with Crippen LogP contribution in [0, 0.1) is 12.7 Å². The first kappa shape index (κ1) is 26.4. The van der Waals surface area contributed by atoms with E-state index >= 15 is 0 Å². The molecule has 1 fully saturated rings. The van der Waals surface area contributed by atoms with E-state index in [1.807, 2.05) is 34.9 Å². The highest BCUT2D eigenvalue weighted by atomic mass is 19.4. The lowest BCUT2D eigenvalue weighted by Gasteiger charge is -2.28. The molecule has 0 saturated carbocycles. The fourth-order valence-corrected chi connectivity index (χ4v) is 4.88. The summed E-state index contributed by atoms with van der Waals surface area (Å²) in [6.07, 6.45) is -5.00. The van der Waals surface area contributed by atoms with E-state index in [-0.39, 0.29) is 29.5 Å². The number of piperazine rings is 1. The topological polar surface area (TPSA) is 63.6 Å². The first-order valence-corrected chi connectivity index (χ1v) is 12.4. The molecule has 1 amide bonds. The zero-order valence-corrected chi connectivity index (χ0v) is 21.0. The molecule has 2 heterocycles. The van der Waals surface area contributed by atoms with Crippen LogP contribution in [-0.2, 0) is 11.2 Å². The maximum absolute atomic E-state index is 14.5. The number of rotatable bonds is 5. The molecule has 1 aliphatic heterocycles. The molecule has 0 unspecified atom stereocenters. The summed E-state index contributed by atoms with van der Waals surface area (Å²) in [5.74, 6) is -3.38. The molecule has 0 radical (unpaired) electrons. The number of halogens is 4. The lowest BCUT2D eigenvalue weighted by Crippen LogP contribution is -2.46. The maximum atomic E-state index is 14.5. The molecule has 6 nitrogen and oxygen atoms in total. The number of hydrogen-bond donors (Lipinski definition) is 1. The van der Waals surface area contributed by atoms with Gasteiger partial charge in [0.1, 0.15) is 11.6 Å². The third-order valence-electron chi connectivity index (χ3n) is 6.85. The second kappa shape index (κ2) is 10.5. The van der Waals surface area contributed by atoms with Crippen LogP contribution in [0.3, 0.4) is 0 Å². The van der Waals surface area contributed by atoms with Crippen molar-refractivity contribution in [2.45, 2.75) is 19.5 Å². The Morgan fingerprint density at radius 3 is 2.38 bits per heavy atom. The summed E-state index contributed by atoms with van der Waals surface area (Å²) in [6.45, 7) is 3.73. The van der Waals surface area contributed by atoms with E-state index in [1.54, 1.807) is 24.0 Å². The van der Waals surface area contributed by atoms with Gasteiger partial charge in [0, 0.05) is 49.4 Å². The van der Waals surface area contributed by atoms with Gasteiger partial charge in [0.05, 0.1) is 11.1 Å². The van der Waals surface area contributed by atoms with Crippen molar-refractivity contribution in [1.29, 1.82) is 0 Å². The highest BCUT2D eigenvalue weighted by molar-refractivity contribution is 6.09. The molecule has 0 bridgehead atoms. The average molecular weight is 540 g/mol. The monoisotopic (exact) mass is 539 g/mol. The quantitative estimate of drug-likeness (QED) is 0.216. The summed E-state index contributed by atoms with van der Waals surface area (Å²) < 4.78 is 59.7. The van der Waals surface area contributed by atoms with Crippen LogP contribution < -0.4 is 10.1 Å². The van der Waals surface area contributed by atoms with Gasteiger partial charge in [0.2, 0.25) is 0 Å². The Morgan fingerprint density at radius 2 is 1.69 bits per heavy atom. The van der Waals surface area contributed by atoms with Crippen LogP contribution in [-0.4, -0.2) is 53.7 Å². The SMILES string of the molecule is Cc1c(F)cccc1Cc1c(C(=O)N2CCNCC2)c2cc(OC(=O)C(F)(F)F)ccc2n1-c1ccccc1. The number of carbonyl (C=O) groups is 2. The highest BCUT2D eigenvalue weighted by Crippen LogP contribution is 2.36. The minimum atomic E-state index is -5.18. The molecule has 0 spiro atoms. The summed E-state index contributed by atoms with van der Waals surface area (Å²) in [6, 6.07) is 18.0. The fraction of sp³-hybridized carbons (Fsp3) is 0.241. The summed E-state index contributed by atoms with van der Waals surface area (Å²) in [4.78, 5) is 27.3. The van der Waals surface area contributed by atoms with Crippen LogP contribution in [0.4, 0.5) is 17.6 Å². The van der Waals surface area contributed by atoms with Gasteiger partial charge in [-0.2, -0.15) is 13.2 Å². The Morgan fingerprint density at radius 1 is 0.974 bits per heavy atom. The average Bonchev–Trinajstić information content (AvgIpc) is 3.24. The molecule has 1 aromatic heterocycles. The Hall–Kier alpha value is -4.18. The van der Waals surface area contributed by atoms with Crippen molar-refractivity contribution in [3.63, 3.8) is 0 Å². The van der Waals surface area contributed by atoms with Gasteiger partial charge in [-0.25, -0.2) is 9.18 Å². The molecule has 3 aromatic carbocycles. The van der Waals surface area contributed by atoms with E-state index in [1.165, 1.54) is 24.3 Å². The lowest BCUT2D eigenvalue weighted by atomic mass is 9.99. The summed E-state index contributed by atoms with van der Waals surface area (Å²) in [7, 11) is 0. The standard InChI is InChI=1S/C29H25F4N3O3/c1-18-19(6-5-9-23(18)30)16-25-26(27(37)35-14-12-34-13-15-35)22-17-21(39-28(38)29(31,32)33)10-11-24(22)36(25)20-7-3-2-4-8-20/h2-11,17,34H,12-16H2,1H3. The predicted octanol–water partition coefficient (Wildman–Crippen LogP) is 5.18. The molecule has 202 valence electrons. The molecule has 4 aromatic rings. The first-order valence-electron chi connectivity index (χ1n) is 12.4. The first-order chi connectivity index (χ1) is 18.6. The number of para-hydroxylation sites is 1. The number of nitrogens with one attached hydrogen (secondary N) is 1. The van der Waals surface area contributed by atoms with Gasteiger partial charge >= 0.3 is 12.1 Å². The van der Waals surface area contributed by atoms with Crippen molar-refractivity contribution < 1.29 is 31.9 Å². The molecular formula is C29H25F4N3O3. The number of fused-ring (bicyclic) bond motifs is 1. The van der Waals surface area contributed by atoms with Crippen LogP contribution >= 0.6 is 0 Å². The minimum absolute atomic E-state index is 0.179. The van der Waals surface area contributed by atoms with E-state index in [2.05, 4.69) is 10.1 Å². The molecule has 1 saturated heterocycles. The highest BCUT2D eigenvalue weighted by Gasteiger charge is 2.41. The number of aromatic nitrogens is 1. The van der Waals surface area contributed by atoms with Gasteiger partial charge in [0.25, 0.3) is 5.91 Å². The predicted molar refractivity (Wildman–Crippen MR) is 138 cm³/mol. The summed E-state index contributed by atoms with van der Waals surface area (Å²) >= 11 is 0. The normalized spacial score (nSPS) is 14.0. The molecule has 0 aliphatic carbocycles. The Labute approximate surface area is 221 Å². The molecule has 0 atom stereocenters. The number of esters is 1. The minimum Gasteiger partial charge on any atom is -0.420 e. The zero-order valence-electron chi connectivity index (χ0n) is 21.0. The van der Waals surface area contributed by atoms with E-state index in [0.717, 1.165) is 0 Å². The number of alkyl halides is 3. The summed E-state index contributed by atoms with van der Waals surface area (Å²) in [5, 5.41) is 3.53. The van der Waals surface area contributed by atoms with Crippen LogP contribution in [0.25, 0.3) is 16.6 Å². The molecule has 39 heavy (non-hydrogen) atoms. The van der Waals surface area contributed by atoms with E-state index in [0.29, 0.717) is 59.6 Å². The van der Waals surface area contributed by atoms with Crippen molar-refractivity contribution in [3.05, 3.63) is 94.9 Å². The zero-order chi connectivity index (χ0) is 27.7. The Kier molecular flexibility index (Phi) is 7.14. The van der Waals surface area contributed by atoms with E-state index in [9.17, 15) is 27.2 Å². The summed E-state index contributed by atoms with van der Waals surface area (Å²) in [5.41, 5.74) is 3.16. The van der Waals surface area contributed by atoms with Crippen molar-refractivity contribution in [3.8, 4) is 11.4 Å². The van der Waals surface area contributed by atoms with Gasteiger partial charge in [-0.1, -0.05) is 30.3 Å². The third-order valence-corrected chi connectivity index (χ3v) is 6.85.